The highest BCUT2D eigenvalue weighted by atomic mass is 32.1. The molecule has 29 heavy (non-hydrogen) atoms. The van der Waals surface area contributed by atoms with Crippen LogP contribution in [0.4, 0.5) is 4.39 Å². The van der Waals surface area contributed by atoms with Gasteiger partial charge in [-0.15, -0.1) is 11.3 Å². The second kappa shape index (κ2) is 7.12. The number of pyridine rings is 1. The molecule has 0 amide bonds. The minimum Gasteiger partial charge on any atom is -0.459 e. The van der Waals surface area contributed by atoms with E-state index in [-0.39, 0.29) is 17.4 Å². The van der Waals surface area contributed by atoms with Crippen LogP contribution in [0.25, 0.3) is 32.2 Å². The van der Waals surface area contributed by atoms with Crippen molar-refractivity contribution < 1.29 is 13.9 Å². The van der Waals surface area contributed by atoms with Gasteiger partial charge >= 0.3 is 5.97 Å². The van der Waals surface area contributed by atoms with E-state index in [1.54, 1.807) is 42.7 Å². The van der Waals surface area contributed by atoms with Gasteiger partial charge < -0.3 is 9.30 Å². The van der Waals surface area contributed by atoms with Crippen molar-refractivity contribution in [1.29, 1.82) is 0 Å². The van der Waals surface area contributed by atoms with Crippen LogP contribution in [0.15, 0.2) is 58.7 Å². The van der Waals surface area contributed by atoms with E-state index in [0.717, 1.165) is 10.4 Å². The molecular weight excluding hydrogens is 389 g/mol. The number of thiophene rings is 1. The highest BCUT2D eigenvalue weighted by Crippen LogP contribution is 2.29. The van der Waals surface area contributed by atoms with Crippen molar-refractivity contribution in [2.45, 2.75) is 32.9 Å². The molecule has 0 saturated heterocycles. The zero-order valence-electron chi connectivity index (χ0n) is 16.4. The smallest absolute Gasteiger partial charge is 0.326 e. The first-order valence-corrected chi connectivity index (χ1v) is 10.1. The monoisotopic (exact) mass is 409 g/mol. The Hall–Kier alpha value is -2.99. The summed E-state index contributed by atoms with van der Waals surface area (Å²) in [5.74, 6) is -0.914. The molecule has 0 aliphatic carbocycles. The fourth-order valence-electron chi connectivity index (χ4n) is 3.42. The van der Waals surface area contributed by atoms with Crippen LogP contribution in [0.1, 0.15) is 20.8 Å². The van der Waals surface area contributed by atoms with Crippen LogP contribution in [-0.4, -0.2) is 16.1 Å². The minimum absolute atomic E-state index is 0.0793. The Morgan fingerprint density at radius 2 is 1.86 bits per heavy atom. The number of fused-ring (bicyclic) bond motifs is 2. The summed E-state index contributed by atoms with van der Waals surface area (Å²) < 4.78 is 21.1. The average Bonchev–Trinajstić information content (AvgIpc) is 3.18. The molecule has 148 valence electrons. The van der Waals surface area contributed by atoms with E-state index in [2.05, 4.69) is 0 Å². The number of aromatic nitrogens is 1. The van der Waals surface area contributed by atoms with Crippen molar-refractivity contribution in [1.82, 2.24) is 4.57 Å². The molecule has 0 atom stereocenters. The van der Waals surface area contributed by atoms with Crippen LogP contribution >= 0.6 is 11.3 Å². The molecule has 0 unspecified atom stereocenters. The van der Waals surface area contributed by atoms with Gasteiger partial charge in [0.1, 0.15) is 18.0 Å². The largest absolute Gasteiger partial charge is 0.459 e. The third kappa shape index (κ3) is 3.80. The summed E-state index contributed by atoms with van der Waals surface area (Å²) >= 11 is 1.59. The Bertz CT molecular complexity index is 1280. The third-order valence-corrected chi connectivity index (χ3v) is 5.46. The van der Waals surface area contributed by atoms with Crippen LogP contribution in [-0.2, 0) is 16.1 Å². The Labute approximate surface area is 171 Å². The highest BCUT2D eigenvalue weighted by molar-refractivity contribution is 7.13. The second-order valence-corrected chi connectivity index (χ2v) is 8.82. The quantitative estimate of drug-likeness (QED) is 0.338. The molecule has 6 heteroatoms. The van der Waals surface area contributed by atoms with Crippen molar-refractivity contribution in [3.63, 3.8) is 0 Å². The molecule has 0 aliphatic heterocycles. The molecule has 0 N–H and O–H groups in total. The summed E-state index contributed by atoms with van der Waals surface area (Å²) in [5.41, 5.74) is 1.18. The Morgan fingerprint density at radius 3 is 2.55 bits per heavy atom. The van der Waals surface area contributed by atoms with Gasteiger partial charge in [0.25, 0.3) is 0 Å². The van der Waals surface area contributed by atoms with Crippen LogP contribution in [0.2, 0.25) is 0 Å². The third-order valence-electron chi connectivity index (χ3n) is 4.54. The lowest BCUT2D eigenvalue weighted by Crippen LogP contribution is -2.27. The SMILES string of the molecule is CC(C)(C)OC(=O)Cn1c2ccc(F)cc2c(=O)c2ccc(-c3cccs3)cc21. The van der Waals surface area contributed by atoms with Crippen molar-refractivity contribution in [3.05, 3.63) is 70.0 Å². The van der Waals surface area contributed by atoms with Crippen molar-refractivity contribution in [2.75, 3.05) is 0 Å². The van der Waals surface area contributed by atoms with E-state index < -0.39 is 17.4 Å². The van der Waals surface area contributed by atoms with Crippen LogP contribution in [0, 0.1) is 5.82 Å². The van der Waals surface area contributed by atoms with Gasteiger partial charge in [-0.2, -0.15) is 0 Å². The second-order valence-electron chi connectivity index (χ2n) is 7.87. The number of hydrogen-bond acceptors (Lipinski definition) is 4. The summed E-state index contributed by atoms with van der Waals surface area (Å²) in [4.78, 5) is 26.7. The van der Waals surface area contributed by atoms with Gasteiger partial charge in [0.2, 0.25) is 0 Å². The van der Waals surface area contributed by atoms with E-state index in [4.69, 9.17) is 4.74 Å². The molecule has 4 nitrogen and oxygen atoms in total. The van der Waals surface area contributed by atoms with Gasteiger partial charge in [-0.05, 0) is 68.1 Å². The predicted octanol–water partition coefficient (Wildman–Crippen LogP) is 5.36. The molecule has 0 aliphatic rings. The van der Waals surface area contributed by atoms with Gasteiger partial charge in [-0.3, -0.25) is 9.59 Å². The number of esters is 1. The number of carbonyl (C=O) groups is 1. The first-order chi connectivity index (χ1) is 13.7. The lowest BCUT2D eigenvalue weighted by molar-refractivity contribution is -0.155. The molecule has 0 saturated carbocycles. The van der Waals surface area contributed by atoms with Gasteiger partial charge in [-0.25, -0.2) is 4.39 Å². The van der Waals surface area contributed by atoms with Crippen LogP contribution in [0.5, 0.6) is 0 Å². The van der Waals surface area contributed by atoms with E-state index in [9.17, 15) is 14.0 Å². The maximum atomic E-state index is 13.8. The lowest BCUT2D eigenvalue weighted by Gasteiger charge is -2.21. The molecule has 0 bridgehead atoms. The number of benzene rings is 2. The van der Waals surface area contributed by atoms with Crippen molar-refractivity contribution in [3.8, 4) is 10.4 Å². The molecule has 4 rings (SSSR count). The summed E-state index contributed by atoms with van der Waals surface area (Å²) in [5, 5.41) is 2.66. The molecule has 2 aromatic carbocycles. The van der Waals surface area contributed by atoms with E-state index in [1.807, 2.05) is 29.6 Å². The number of halogens is 1. The molecular formula is C23H20FNO3S. The number of hydrogen-bond donors (Lipinski definition) is 0. The number of carbonyl (C=O) groups excluding carboxylic acids is 1. The maximum Gasteiger partial charge on any atom is 0.326 e. The Morgan fingerprint density at radius 1 is 1.07 bits per heavy atom. The first-order valence-electron chi connectivity index (χ1n) is 9.24. The molecule has 0 spiro atoms. The summed E-state index contributed by atoms with van der Waals surface area (Å²) in [6, 6.07) is 13.5. The highest BCUT2D eigenvalue weighted by Gasteiger charge is 2.19. The Balaban J connectivity index is 1.99. The lowest BCUT2D eigenvalue weighted by atomic mass is 10.1. The maximum absolute atomic E-state index is 13.8. The fraction of sp³-hybridized carbons (Fsp3) is 0.217. The van der Waals surface area contributed by atoms with Crippen molar-refractivity contribution in [2.24, 2.45) is 0 Å². The normalized spacial score (nSPS) is 11.9. The van der Waals surface area contributed by atoms with E-state index in [0.29, 0.717) is 16.4 Å². The zero-order chi connectivity index (χ0) is 20.8. The van der Waals surface area contributed by atoms with Gasteiger partial charge in [0, 0.05) is 15.6 Å². The number of nitrogens with zero attached hydrogens (tertiary/aromatic N) is 1. The summed E-state index contributed by atoms with van der Waals surface area (Å²) in [7, 11) is 0. The standard InChI is InChI=1S/C23H20FNO3S/c1-23(2,3)28-21(26)13-25-18-9-7-15(24)12-17(18)22(27)16-8-6-14(11-19(16)25)20-5-4-10-29-20/h4-12H,13H2,1-3H3. The van der Waals surface area contributed by atoms with E-state index >= 15 is 0 Å². The topological polar surface area (TPSA) is 48.3 Å². The van der Waals surface area contributed by atoms with Crippen LogP contribution < -0.4 is 5.43 Å². The summed E-state index contributed by atoms with van der Waals surface area (Å²) in [6.07, 6.45) is 0. The van der Waals surface area contributed by atoms with E-state index in [1.165, 1.54) is 18.2 Å². The Kier molecular flexibility index (Phi) is 4.74. The number of rotatable bonds is 3. The molecule has 2 heterocycles. The van der Waals surface area contributed by atoms with Crippen molar-refractivity contribution >= 4 is 39.1 Å². The summed E-state index contributed by atoms with van der Waals surface area (Å²) in [6.45, 7) is 5.33. The molecule has 2 aromatic heterocycles. The molecule has 4 aromatic rings. The zero-order valence-corrected chi connectivity index (χ0v) is 17.2. The molecule has 0 radical (unpaired) electrons. The molecule has 0 fully saturated rings. The van der Waals surface area contributed by atoms with Crippen LogP contribution in [0.3, 0.4) is 0 Å². The number of ether oxygens (including phenoxy) is 1. The predicted molar refractivity (Wildman–Crippen MR) is 115 cm³/mol. The average molecular weight is 409 g/mol. The first kappa shape index (κ1) is 19.3. The van der Waals surface area contributed by atoms with Gasteiger partial charge in [0.15, 0.2) is 5.43 Å². The van der Waals surface area contributed by atoms with Gasteiger partial charge in [0.05, 0.1) is 11.0 Å². The van der Waals surface area contributed by atoms with Gasteiger partial charge in [-0.1, -0.05) is 12.1 Å². The fourth-order valence-corrected chi connectivity index (χ4v) is 4.14. The minimum atomic E-state index is -0.629.